The number of hydrogen-bond donors (Lipinski definition) is 3. The van der Waals surface area contributed by atoms with Gasteiger partial charge in [0.2, 0.25) is 0 Å². The molecule has 3 N–H and O–H groups in total. The molecule has 0 aromatic carbocycles. The Morgan fingerprint density at radius 3 is 2.33 bits per heavy atom. The van der Waals surface area contributed by atoms with Crippen LogP contribution in [0.15, 0.2) is 0 Å². The second-order valence-electron chi connectivity index (χ2n) is 6.85. The van der Waals surface area contributed by atoms with E-state index < -0.39 is 17.3 Å². The van der Waals surface area contributed by atoms with Gasteiger partial charge in [-0.2, -0.15) is 0 Å². The van der Waals surface area contributed by atoms with Crippen LogP contribution in [-0.4, -0.2) is 32.6 Å². The van der Waals surface area contributed by atoms with Gasteiger partial charge >= 0.3 is 0 Å². The van der Waals surface area contributed by atoms with Gasteiger partial charge in [-0.05, 0) is 38.5 Å². The van der Waals surface area contributed by atoms with Crippen molar-refractivity contribution in [3.05, 3.63) is 0 Å². The summed E-state index contributed by atoms with van der Waals surface area (Å²) < 4.78 is 0. The quantitative estimate of drug-likeness (QED) is 0.619. The summed E-state index contributed by atoms with van der Waals surface area (Å²) in [6.07, 6.45) is 8.62. The average molecular weight is 254 g/mol. The normalized spacial score (nSPS) is 53.2. The van der Waals surface area contributed by atoms with E-state index in [9.17, 15) is 15.3 Å². The van der Waals surface area contributed by atoms with Gasteiger partial charge < -0.3 is 15.3 Å². The molecule has 18 heavy (non-hydrogen) atoms. The molecule has 3 fully saturated rings. The number of hydrogen-bond acceptors (Lipinski definition) is 3. The molecule has 0 aromatic rings. The molecule has 0 bridgehead atoms. The highest BCUT2D eigenvalue weighted by molar-refractivity contribution is 5.08. The molecule has 104 valence electrons. The molecule has 0 heterocycles. The predicted molar refractivity (Wildman–Crippen MR) is 69.1 cm³/mol. The molecule has 0 radical (unpaired) electrons. The Morgan fingerprint density at radius 1 is 0.778 bits per heavy atom. The fourth-order valence-electron chi connectivity index (χ4n) is 5.00. The summed E-state index contributed by atoms with van der Waals surface area (Å²) in [4.78, 5) is 0. The van der Waals surface area contributed by atoms with Crippen molar-refractivity contribution in [1.82, 2.24) is 0 Å². The molecule has 3 aliphatic rings. The van der Waals surface area contributed by atoms with Gasteiger partial charge in [-0.1, -0.05) is 25.7 Å². The molecule has 3 heteroatoms. The summed E-state index contributed by atoms with van der Waals surface area (Å²) in [6.45, 7) is 0. The molecule has 0 amide bonds. The van der Waals surface area contributed by atoms with Crippen molar-refractivity contribution < 1.29 is 15.3 Å². The maximum absolute atomic E-state index is 11.2. The van der Waals surface area contributed by atoms with Crippen LogP contribution in [0.5, 0.6) is 0 Å². The molecule has 3 saturated carbocycles. The first-order valence-corrected chi connectivity index (χ1v) is 7.69. The lowest BCUT2D eigenvalue weighted by Gasteiger charge is -2.51. The number of aliphatic hydroxyl groups excluding tert-OH is 1. The van der Waals surface area contributed by atoms with Gasteiger partial charge in [0.1, 0.15) is 0 Å². The maximum Gasteiger partial charge on any atom is 0.0755 e. The van der Waals surface area contributed by atoms with Crippen molar-refractivity contribution in [2.24, 2.45) is 11.8 Å². The first-order valence-electron chi connectivity index (χ1n) is 7.69. The van der Waals surface area contributed by atoms with Crippen LogP contribution in [-0.2, 0) is 0 Å². The first-order chi connectivity index (χ1) is 8.56. The largest absolute Gasteiger partial charge is 0.393 e. The Balaban J connectivity index is 1.98. The fourth-order valence-corrected chi connectivity index (χ4v) is 5.00. The molecule has 0 aliphatic heterocycles. The van der Waals surface area contributed by atoms with Crippen LogP contribution >= 0.6 is 0 Å². The molecule has 0 unspecified atom stereocenters. The van der Waals surface area contributed by atoms with Crippen LogP contribution in [0, 0.1) is 11.8 Å². The zero-order valence-electron chi connectivity index (χ0n) is 11.1. The molecule has 3 nitrogen and oxygen atoms in total. The van der Waals surface area contributed by atoms with E-state index in [1.54, 1.807) is 0 Å². The minimum atomic E-state index is -0.816. The molecule has 0 spiro atoms. The molecule has 3 aliphatic carbocycles. The standard InChI is InChI=1S/C15H26O3/c16-12-7-10-14(17)8-3-2-6-13(14)15(18)9-4-1-5-11(12)15/h11-13,16-18H,1-10H2/t11-,12-,13+,14+,15-/m1/s1. The first kappa shape index (κ1) is 12.9. The lowest BCUT2D eigenvalue weighted by molar-refractivity contribution is -0.182. The van der Waals surface area contributed by atoms with Crippen LogP contribution in [0.1, 0.15) is 64.2 Å². The van der Waals surface area contributed by atoms with E-state index in [0.717, 1.165) is 51.4 Å². The van der Waals surface area contributed by atoms with Gasteiger partial charge in [0.15, 0.2) is 0 Å². The fraction of sp³-hybridized carbons (Fsp3) is 1.00. The average Bonchev–Trinajstić information content (AvgIpc) is 2.44. The van der Waals surface area contributed by atoms with Gasteiger partial charge in [-0.25, -0.2) is 0 Å². The van der Waals surface area contributed by atoms with Crippen LogP contribution in [0.4, 0.5) is 0 Å². The number of fused-ring (bicyclic) bond motifs is 3. The Kier molecular flexibility index (Phi) is 3.20. The smallest absolute Gasteiger partial charge is 0.0755 e. The zero-order valence-corrected chi connectivity index (χ0v) is 11.1. The third-order valence-corrected chi connectivity index (χ3v) is 5.93. The van der Waals surface area contributed by atoms with E-state index >= 15 is 0 Å². The van der Waals surface area contributed by atoms with E-state index in [1.165, 1.54) is 0 Å². The highest BCUT2D eigenvalue weighted by Crippen LogP contribution is 2.53. The summed E-state index contributed by atoms with van der Waals surface area (Å²) in [5.74, 6) is -0.0235. The zero-order chi connectivity index (χ0) is 12.8. The minimum Gasteiger partial charge on any atom is -0.393 e. The van der Waals surface area contributed by atoms with Crippen LogP contribution in [0.25, 0.3) is 0 Å². The predicted octanol–water partition coefficient (Wildman–Crippen LogP) is 1.98. The SMILES string of the molecule is O[C@@H]1CC[C@@]2(O)CCCC[C@@H]2[C@@]2(O)CCCC[C@H]12. The van der Waals surface area contributed by atoms with Crippen molar-refractivity contribution in [3.63, 3.8) is 0 Å². The van der Waals surface area contributed by atoms with Crippen LogP contribution in [0.3, 0.4) is 0 Å². The Morgan fingerprint density at radius 2 is 1.50 bits per heavy atom. The van der Waals surface area contributed by atoms with Gasteiger partial charge in [0.25, 0.3) is 0 Å². The second-order valence-corrected chi connectivity index (χ2v) is 6.85. The molecule has 5 atom stereocenters. The summed E-state index contributed by atoms with van der Waals surface area (Å²) in [6, 6.07) is 0. The second kappa shape index (κ2) is 4.46. The van der Waals surface area contributed by atoms with E-state index in [1.807, 2.05) is 0 Å². The molecule has 0 saturated heterocycles. The Hall–Kier alpha value is -0.120. The molecular formula is C15H26O3. The monoisotopic (exact) mass is 254 g/mol. The Labute approximate surface area is 109 Å². The van der Waals surface area contributed by atoms with Crippen molar-refractivity contribution in [2.75, 3.05) is 0 Å². The highest BCUT2D eigenvalue weighted by atomic mass is 16.3. The summed E-state index contributed by atoms with van der Waals surface area (Å²) in [5, 5.41) is 32.4. The van der Waals surface area contributed by atoms with E-state index in [4.69, 9.17) is 0 Å². The third kappa shape index (κ3) is 1.83. The summed E-state index contributed by atoms with van der Waals surface area (Å²) >= 11 is 0. The minimum absolute atomic E-state index is 0.0108. The van der Waals surface area contributed by atoms with E-state index in [-0.39, 0.29) is 11.8 Å². The Bertz CT molecular complexity index is 319. The van der Waals surface area contributed by atoms with E-state index in [2.05, 4.69) is 0 Å². The summed E-state index contributed by atoms with van der Waals surface area (Å²) in [7, 11) is 0. The maximum atomic E-state index is 11.2. The molecular weight excluding hydrogens is 228 g/mol. The number of aliphatic hydroxyl groups is 3. The molecule has 0 aromatic heterocycles. The van der Waals surface area contributed by atoms with Gasteiger partial charge in [0.05, 0.1) is 17.3 Å². The van der Waals surface area contributed by atoms with Crippen molar-refractivity contribution in [1.29, 1.82) is 0 Å². The van der Waals surface area contributed by atoms with Crippen LogP contribution < -0.4 is 0 Å². The van der Waals surface area contributed by atoms with Crippen molar-refractivity contribution in [2.45, 2.75) is 81.5 Å². The van der Waals surface area contributed by atoms with Gasteiger partial charge in [0, 0.05) is 11.8 Å². The van der Waals surface area contributed by atoms with Crippen LogP contribution in [0.2, 0.25) is 0 Å². The third-order valence-electron chi connectivity index (χ3n) is 5.93. The van der Waals surface area contributed by atoms with Gasteiger partial charge in [-0.15, -0.1) is 0 Å². The van der Waals surface area contributed by atoms with Gasteiger partial charge in [-0.3, -0.25) is 0 Å². The lowest BCUT2D eigenvalue weighted by Crippen LogP contribution is -2.57. The molecule has 3 rings (SSSR count). The topological polar surface area (TPSA) is 60.7 Å². The summed E-state index contributed by atoms with van der Waals surface area (Å²) in [5.41, 5.74) is -1.54. The lowest BCUT2D eigenvalue weighted by atomic mass is 9.60. The van der Waals surface area contributed by atoms with Crippen molar-refractivity contribution >= 4 is 0 Å². The number of rotatable bonds is 0. The van der Waals surface area contributed by atoms with Crippen molar-refractivity contribution in [3.8, 4) is 0 Å². The highest BCUT2D eigenvalue weighted by Gasteiger charge is 2.57. The van der Waals surface area contributed by atoms with E-state index in [0.29, 0.717) is 12.8 Å².